The van der Waals surface area contributed by atoms with Crippen LogP contribution in [0.4, 0.5) is 9.93 Å². The number of carbonyl (C=O) groups excluding carboxylic acids is 5. The molecule has 74 heavy (non-hydrogen) atoms. The molecule has 0 aliphatic carbocycles. The van der Waals surface area contributed by atoms with Crippen molar-refractivity contribution in [1.82, 2.24) is 20.5 Å². The Labute approximate surface area is 454 Å². The van der Waals surface area contributed by atoms with E-state index in [1.807, 2.05) is 121 Å². The maximum absolute atomic E-state index is 14.9. The highest BCUT2D eigenvalue weighted by Gasteiger charge is 2.61. The minimum absolute atomic E-state index is 0.00684. The number of β-lactam (4-membered cyclic amide) rings is 1. The molecule has 2 aliphatic rings. The number of nitrogens with zero attached hydrogens (tertiary/aromatic N) is 2. The van der Waals surface area contributed by atoms with Crippen LogP contribution in [0.25, 0.3) is 5.57 Å². The molecule has 1 aromatic heterocycles. The number of hydrogen-bond acceptors (Lipinski definition) is 13. The van der Waals surface area contributed by atoms with Gasteiger partial charge < -0.3 is 34.7 Å². The van der Waals surface area contributed by atoms with Crippen LogP contribution in [0, 0.1) is 5.92 Å². The Balaban J connectivity index is 1.08. The highest BCUT2D eigenvalue weighted by molar-refractivity contribution is 8.00. The summed E-state index contributed by atoms with van der Waals surface area (Å²) in [6.07, 6.45) is -0.927. The predicted octanol–water partition coefficient (Wildman–Crippen LogP) is 10.3. The first-order valence-corrected chi connectivity index (χ1v) is 27.5. The Morgan fingerprint density at radius 2 is 1.39 bits per heavy atom. The van der Waals surface area contributed by atoms with E-state index in [-0.39, 0.29) is 45.9 Å². The van der Waals surface area contributed by atoms with Crippen LogP contribution >= 0.6 is 58.5 Å². The minimum atomic E-state index is -1.85. The molecule has 3 heterocycles. The molecule has 3 amide bonds. The summed E-state index contributed by atoms with van der Waals surface area (Å²) in [7, 11) is 0. The van der Waals surface area contributed by atoms with Gasteiger partial charge in [-0.05, 0) is 78.8 Å². The average Bonchev–Trinajstić information content (AvgIpc) is 3.86. The molecule has 4 atom stereocenters. The second-order valence-electron chi connectivity index (χ2n) is 17.9. The zero-order valence-electron chi connectivity index (χ0n) is 40.0. The number of alkyl carbamates (subject to hydrolysis) is 1. The summed E-state index contributed by atoms with van der Waals surface area (Å²) in [6, 6.07) is 40.5. The molecule has 14 nitrogen and oxygen atoms in total. The summed E-state index contributed by atoms with van der Waals surface area (Å²) in [6.45, 7) is 5.19. The third kappa shape index (κ3) is 13.3. The molecule has 1 saturated heterocycles. The zero-order chi connectivity index (χ0) is 52.5. The van der Waals surface area contributed by atoms with Gasteiger partial charge in [0.15, 0.2) is 23.4 Å². The largest absolute Gasteiger partial charge is 0.614 e. The summed E-state index contributed by atoms with van der Waals surface area (Å²) >= 11 is 18.5. The molecule has 8 rings (SSSR count). The van der Waals surface area contributed by atoms with E-state index in [9.17, 15) is 28.5 Å². The number of thioether (sulfide) groups is 1. The number of halogens is 2. The van der Waals surface area contributed by atoms with Crippen LogP contribution in [-0.4, -0.2) is 84.3 Å². The summed E-state index contributed by atoms with van der Waals surface area (Å²) < 4.78 is 32.3. The van der Waals surface area contributed by atoms with E-state index in [1.165, 1.54) is 18.0 Å². The Bertz CT molecular complexity index is 2960. The fourth-order valence-corrected chi connectivity index (χ4v) is 12.2. The summed E-state index contributed by atoms with van der Waals surface area (Å²) in [4.78, 5) is 76.3. The van der Waals surface area contributed by atoms with Crippen molar-refractivity contribution in [3.8, 4) is 0 Å². The lowest BCUT2D eigenvalue weighted by Crippen LogP contribution is -2.74. The van der Waals surface area contributed by atoms with E-state index < -0.39 is 76.2 Å². The summed E-state index contributed by atoms with van der Waals surface area (Å²) in [5, 5.41) is 8.27. The van der Waals surface area contributed by atoms with E-state index >= 15 is 0 Å². The van der Waals surface area contributed by atoms with Gasteiger partial charge in [0.1, 0.15) is 23.0 Å². The van der Waals surface area contributed by atoms with Gasteiger partial charge in [-0.1, -0.05) is 168 Å². The molecule has 0 bridgehead atoms. The molecular formula is C54H49Cl2N5O9S4. The number of aromatic nitrogens is 1. The van der Waals surface area contributed by atoms with Gasteiger partial charge in [-0.15, -0.1) is 11.8 Å². The van der Waals surface area contributed by atoms with Crippen molar-refractivity contribution in [1.29, 1.82) is 0 Å². The third-order valence-corrected chi connectivity index (χ3v) is 16.2. The van der Waals surface area contributed by atoms with Crippen LogP contribution < -0.4 is 16.0 Å². The lowest BCUT2D eigenvalue weighted by molar-refractivity contribution is -0.154. The molecular weight excluding hydrogens is 1060 g/mol. The fraction of sp³-hybridized carbons (Fsp3) is 0.241. The van der Waals surface area contributed by atoms with Crippen molar-refractivity contribution in [2.45, 2.75) is 61.3 Å². The first kappa shape index (κ1) is 54.0. The van der Waals surface area contributed by atoms with Gasteiger partial charge in [-0.25, -0.2) is 14.6 Å². The molecule has 6 aromatic rings. The highest BCUT2D eigenvalue weighted by atomic mass is 35.5. The predicted molar refractivity (Wildman–Crippen MR) is 292 cm³/mol. The number of ether oxygens (including phenoxy) is 3. The van der Waals surface area contributed by atoms with Gasteiger partial charge in [0.25, 0.3) is 5.91 Å². The first-order valence-electron chi connectivity index (χ1n) is 23.2. The van der Waals surface area contributed by atoms with Crippen LogP contribution in [0.15, 0.2) is 156 Å². The molecule has 5 aromatic carbocycles. The van der Waals surface area contributed by atoms with E-state index in [0.29, 0.717) is 30.9 Å². The topological polar surface area (TPSA) is 188 Å². The number of benzene rings is 5. The van der Waals surface area contributed by atoms with Gasteiger partial charge in [0.2, 0.25) is 11.3 Å². The summed E-state index contributed by atoms with van der Waals surface area (Å²) in [5.41, 5.74) is 2.06. The van der Waals surface area contributed by atoms with Gasteiger partial charge in [0, 0.05) is 17.6 Å². The SMILES string of the molecule is CC(C)(C)OC(=O)NCCC(C(=O)OC(c1ccccc1)c1ccccc1)C(=S)Nc1ncc(C2=C(C(=O)OC(c3ccccc3)c3ccccc3)N3C(=O)C(NC(=O)CSc4ccc(Cl)c(Cl)c4)C3[S+]([O-])C2)s1. The Hall–Kier alpha value is -6.25. The van der Waals surface area contributed by atoms with E-state index in [4.69, 9.17) is 49.6 Å². The van der Waals surface area contributed by atoms with Gasteiger partial charge in [-0.2, -0.15) is 0 Å². The molecule has 0 spiro atoms. The number of rotatable bonds is 18. The number of amides is 3. The molecule has 3 N–H and O–H groups in total. The smallest absolute Gasteiger partial charge is 0.407 e. The summed E-state index contributed by atoms with van der Waals surface area (Å²) in [5.74, 6) is -4.15. The van der Waals surface area contributed by atoms with Gasteiger partial charge in [-0.3, -0.25) is 19.3 Å². The quantitative estimate of drug-likeness (QED) is 0.0184. The number of fused-ring (bicyclic) bond motifs is 1. The maximum atomic E-state index is 14.9. The number of thiazole rings is 1. The van der Waals surface area contributed by atoms with E-state index in [0.717, 1.165) is 27.4 Å². The lowest BCUT2D eigenvalue weighted by Gasteiger charge is -2.49. The average molecular weight is 1110 g/mol. The fourth-order valence-electron chi connectivity index (χ4n) is 8.07. The third-order valence-electron chi connectivity index (χ3n) is 11.5. The molecule has 0 radical (unpaired) electrons. The second-order valence-corrected chi connectivity index (χ2v) is 22.8. The molecule has 382 valence electrons. The number of hydrogen-bond donors (Lipinski definition) is 3. The molecule has 20 heteroatoms. The zero-order valence-corrected chi connectivity index (χ0v) is 44.8. The highest BCUT2D eigenvalue weighted by Crippen LogP contribution is 2.43. The second kappa shape index (κ2) is 24.4. The number of esters is 2. The van der Waals surface area contributed by atoms with Crippen LogP contribution in [0.2, 0.25) is 10.0 Å². The Morgan fingerprint density at radius 3 is 1.93 bits per heavy atom. The number of thiocarbonyl (C=S) groups is 1. The van der Waals surface area contributed by atoms with Crippen LogP contribution in [0.1, 0.15) is 66.5 Å². The van der Waals surface area contributed by atoms with Gasteiger partial charge in [0.05, 0.1) is 31.2 Å². The van der Waals surface area contributed by atoms with E-state index in [1.54, 1.807) is 39.0 Å². The standard InChI is InChI=1S/C54H49Cl2N5O9S4/c1-54(2,3)70-53(66)57-27-26-37(50(64)68-45(32-16-8-4-9-17-32)33-18-10-5-11-19-33)47(71)60-52-58-29-41(73-52)38-31-74(67)49-43(59-42(62)30-72-36-24-25-39(55)40(56)28-36)48(63)61(49)44(38)51(65)69-46(34-20-12-6-13-21-34)35-22-14-7-15-23-35/h4-25,28-29,37,43,45-46,49H,26-27,30-31H2,1-3H3,(H,57,66)(H,59,62)(H,58,60,71). The number of carbonyl (C=O) groups is 5. The van der Waals surface area contributed by atoms with E-state index in [2.05, 4.69) is 20.9 Å². The van der Waals surface area contributed by atoms with Crippen molar-refractivity contribution in [2.75, 3.05) is 23.4 Å². The molecule has 2 aliphatic heterocycles. The van der Waals surface area contributed by atoms with Crippen molar-refractivity contribution < 1.29 is 42.7 Å². The van der Waals surface area contributed by atoms with Crippen molar-refractivity contribution >= 4 is 115 Å². The van der Waals surface area contributed by atoms with Crippen molar-refractivity contribution in [3.05, 3.63) is 189 Å². The lowest BCUT2D eigenvalue weighted by atomic mass is 10.0. The van der Waals surface area contributed by atoms with Crippen LogP contribution in [0.3, 0.4) is 0 Å². The monoisotopic (exact) mass is 1110 g/mol. The molecule has 1 fully saturated rings. The van der Waals surface area contributed by atoms with Gasteiger partial charge >= 0.3 is 18.0 Å². The molecule has 0 saturated carbocycles. The van der Waals surface area contributed by atoms with Crippen LogP contribution in [-0.2, 0) is 44.6 Å². The first-order chi connectivity index (χ1) is 35.5. The maximum Gasteiger partial charge on any atom is 0.407 e. The number of anilines is 1. The minimum Gasteiger partial charge on any atom is -0.614 e. The van der Waals surface area contributed by atoms with Crippen molar-refractivity contribution in [2.24, 2.45) is 5.92 Å². The van der Waals surface area contributed by atoms with Crippen molar-refractivity contribution in [3.63, 3.8) is 0 Å². The molecule has 4 unspecified atom stereocenters. The Kier molecular flexibility index (Phi) is 17.8. The normalized spacial score (nSPS) is 16.7. The van der Waals surface area contributed by atoms with Crippen LogP contribution in [0.5, 0.6) is 0 Å². The number of nitrogens with one attached hydrogen (secondary N) is 3. The Morgan fingerprint density at radius 1 is 0.838 bits per heavy atom.